The summed E-state index contributed by atoms with van der Waals surface area (Å²) in [6, 6.07) is 3.62. The first-order valence-electron chi connectivity index (χ1n) is 7.34. The van der Waals surface area contributed by atoms with Crippen molar-refractivity contribution in [1.29, 1.82) is 0 Å². The van der Waals surface area contributed by atoms with E-state index < -0.39 is 17.6 Å². The number of aldehydes is 1. The van der Waals surface area contributed by atoms with Gasteiger partial charge in [-0.15, -0.1) is 0 Å². The maximum absolute atomic E-state index is 13.6. The van der Waals surface area contributed by atoms with Crippen LogP contribution in [0.1, 0.15) is 37.2 Å². The molecule has 0 aromatic heterocycles. The van der Waals surface area contributed by atoms with Gasteiger partial charge in [0.05, 0.1) is 13.2 Å². The summed E-state index contributed by atoms with van der Waals surface area (Å²) >= 11 is 0. The minimum absolute atomic E-state index is 0.0104. The maximum Gasteiger partial charge on any atom is 0.310 e. The highest BCUT2D eigenvalue weighted by Crippen LogP contribution is 2.46. The lowest BCUT2D eigenvalue weighted by atomic mass is 9.96. The molecule has 1 saturated carbocycles. The zero-order valence-electron chi connectivity index (χ0n) is 12.5. The number of hydrogen-bond donors (Lipinski definition) is 1. The van der Waals surface area contributed by atoms with Gasteiger partial charge >= 0.3 is 5.97 Å². The van der Waals surface area contributed by atoms with Crippen molar-refractivity contribution in [1.82, 2.24) is 0 Å². The van der Waals surface area contributed by atoms with Gasteiger partial charge in [-0.05, 0) is 36.1 Å². The Balaban J connectivity index is 0.000000277. The molecule has 1 saturated heterocycles. The highest BCUT2D eigenvalue weighted by Gasteiger charge is 2.44. The molecule has 3 rings (SSSR count). The van der Waals surface area contributed by atoms with Crippen LogP contribution in [0, 0.1) is 11.6 Å². The molecule has 7 heteroatoms. The molecular weight excluding hydrogens is 310 g/mol. The van der Waals surface area contributed by atoms with Crippen molar-refractivity contribution >= 4 is 12.3 Å². The van der Waals surface area contributed by atoms with Gasteiger partial charge in [-0.1, -0.05) is 0 Å². The van der Waals surface area contributed by atoms with Gasteiger partial charge in [0.2, 0.25) is 0 Å². The smallest absolute Gasteiger partial charge is 0.310 e. The van der Waals surface area contributed by atoms with Crippen molar-refractivity contribution in [3.8, 4) is 0 Å². The van der Waals surface area contributed by atoms with Gasteiger partial charge in [0, 0.05) is 12.8 Å². The summed E-state index contributed by atoms with van der Waals surface area (Å²) < 4.78 is 38.0. The topological polar surface area (TPSA) is 72.8 Å². The number of carbonyl (C=O) groups is 2. The second-order valence-electron chi connectivity index (χ2n) is 5.48. The van der Waals surface area contributed by atoms with Crippen LogP contribution in [0.3, 0.4) is 0 Å². The van der Waals surface area contributed by atoms with Crippen LogP contribution in [-0.4, -0.2) is 36.4 Å². The molecular formula is C16H18F2O5. The highest BCUT2D eigenvalue weighted by atomic mass is 19.1. The molecule has 1 aromatic carbocycles. The number of carboxylic acid groups (broad SMARTS) is 1. The first kappa shape index (κ1) is 17.5. The predicted molar refractivity (Wildman–Crippen MR) is 75.9 cm³/mol. The number of carboxylic acids is 1. The fourth-order valence-electron chi connectivity index (χ4n) is 2.90. The van der Waals surface area contributed by atoms with E-state index in [1.165, 1.54) is 12.1 Å². The van der Waals surface area contributed by atoms with Crippen LogP contribution in [0.2, 0.25) is 0 Å². The first-order valence-corrected chi connectivity index (χ1v) is 7.34. The fraction of sp³-hybridized carbons (Fsp3) is 0.500. The lowest BCUT2D eigenvalue weighted by molar-refractivity contribution is -0.151. The van der Waals surface area contributed by atoms with Crippen molar-refractivity contribution in [2.24, 2.45) is 0 Å². The second kappa shape index (κ2) is 7.61. The second-order valence-corrected chi connectivity index (χ2v) is 5.48. The molecule has 0 amide bonds. The minimum Gasteiger partial charge on any atom is -0.481 e. The summed E-state index contributed by atoms with van der Waals surface area (Å²) in [6.07, 6.45) is 2.11. The Kier molecular flexibility index (Phi) is 5.79. The van der Waals surface area contributed by atoms with Gasteiger partial charge in [0.15, 0.2) is 5.79 Å². The Hall–Kier alpha value is -1.86. The quantitative estimate of drug-likeness (QED) is 0.682. The molecule has 5 nitrogen and oxygen atoms in total. The van der Waals surface area contributed by atoms with Gasteiger partial charge in [-0.2, -0.15) is 0 Å². The minimum atomic E-state index is -1.08. The number of ether oxygens (including phenoxy) is 2. The number of hydrogen-bond acceptors (Lipinski definition) is 4. The summed E-state index contributed by atoms with van der Waals surface area (Å²) in [7, 11) is 0. The monoisotopic (exact) mass is 328 g/mol. The van der Waals surface area contributed by atoms with Gasteiger partial charge in [0.1, 0.15) is 24.3 Å². The van der Waals surface area contributed by atoms with Gasteiger partial charge in [-0.25, -0.2) is 8.78 Å². The molecule has 2 fully saturated rings. The third-order valence-electron chi connectivity index (χ3n) is 3.90. The number of benzene rings is 1. The normalized spacial score (nSPS) is 21.7. The van der Waals surface area contributed by atoms with Crippen molar-refractivity contribution < 1.29 is 33.0 Å². The Morgan fingerprint density at radius 3 is 2.61 bits per heavy atom. The molecule has 1 heterocycles. The van der Waals surface area contributed by atoms with Gasteiger partial charge < -0.3 is 19.4 Å². The van der Waals surface area contributed by atoms with Crippen LogP contribution < -0.4 is 0 Å². The van der Waals surface area contributed by atoms with E-state index in [-0.39, 0.29) is 18.2 Å². The number of rotatable bonds is 3. The van der Waals surface area contributed by atoms with Crippen LogP contribution in [0.5, 0.6) is 0 Å². The third kappa shape index (κ3) is 4.56. The van der Waals surface area contributed by atoms with Crippen molar-refractivity contribution in [2.75, 3.05) is 13.2 Å². The highest BCUT2D eigenvalue weighted by molar-refractivity contribution is 5.82. The molecule has 1 N–H and O–H groups in total. The Morgan fingerprint density at radius 2 is 2.04 bits per heavy atom. The summed E-state index contributed by atoms with van der Waals surface area (Å²) in [5, 5.41) is 7.68. The molecule has 0 bridgehead atoms. The molecule has 23 heavy (non-hydrogen) atoms. The van der Waals surface area contributed by atoms with E-state index in [4.69, 9.17) is 14.6 Å². The number of halogens is 2. The number of aliphatic carboxylic acids is 1. The van der Waals surface area contributed by atoms with Crippen molar-refractivity contribution in [2.45, 2.75) is 37.4 Å². The Labute approximate surface area is 132 Å². The van der Waals surface area contributed by atoms with Crippen LogP contribution in [0.4, 0.5) is 8.78 Å². The Morgan fingerprint density at radius 1 is 1.35 bits per heavy atom. The van der Waals surface area contributed by atoms with Crippen LogP contribution in [0.15, 0.2) is 18.2 Å². The summed E-state index contributed by atoms with van der Waals surface area (Å²) in [5.41, 5.74) is 0.445. The molecule has 126 valence electrons. The average molecular weight is 328 g/mol. The maximum atomic E-state index is 13.6. The van der Waals surface area contributed by atoms with Gasteiger partial charge in [0.25, 0.3) is 0 Å². The molecule has 1 spiro atoms. The van der Waals surface area contributed by atoms with Crippen LogP contribution >= 0.6 is 0 Å². The summed E-state index contributed by atoms with van der Waals surface area (Å²) in [4.78, 5) is 18.6. The zero-order valence-corrected chi connectivity index (χ0v) is 12.5. The Bertz CT molecular complexity index is 570. The van der Waals surface area contributed by atoms with E-state index in [0.717, 1.165) is 18.9 Å². The van der Waals surface area contributed by atoms with E-state index in [1.54, 1.807) is 0 Å². The standard InChI is InChI=1S/C13H14F2O2.C3H4O3/c14-10-1-2-12(15)11(7-10)9-3-4-13(8-9)16-5-6-17-13;4-2-1-3(5)6/h1-2,7,9H,3-6,8H2;2H,1H2,(H,5,6). The largest absolute Gasteiger partial charge is 0.481 e. The van der Waals surface area contributed by atoms with E-state index in [2.05, 4.69) is 0 Å². The molecule has 1 aromatic rings. The fourth-order valence-corrected chi connectivity index (χ4v) is 2.90. The average Bonchev–Trinajstić information content (AvgIpc) is 3.13. The predicted octanol–water partition coefficient (Wildman–Crippen LogP) is 2.64. The summed E-state index contributed by atoms with van der Waals surface area (Å²) in [5.74, 6) is -2.36. The summed E-state index contributed by atoms with van der Waals surface area (Å²) in [6.45, 7) is 1.19. The third-order valence-corrected chi connectivity index (χ3v) is 3.90. The van der Waals surface area contributed by atoms with Crippen LogP contribution in [0.25, 0.3) is 0 Å². The van der Waals surface area contributed by atoms with Crippen molar-refractivity contribution in [3.05, 3.63) is 35.4 Å². The first-order chi connectivity index (χ1) is 11.0. The molecule has 1 unspecified atom stereocenters. The van der Waals surface area contributed by atoms with Crippen molar-refractivity contribution in [3.63, 3.8) is 0 Å². The van der Waals surface area contributed by atoms with E-state index in [0.29, 0.717) is 31.5 Å². The zero-order chi connectivity index (χ0) is 16.9. The molecule has 0 radical (unpaired) electrons. The lowest BCUT2D eigenvalue weighted by Gasteiger charge is -2.21. The molecule has 1 aliphatic carbocycles. The van der Waals surface area contributed by atoms with Gasteiger partial charge in [-0.3, -0.25) is 4.79 Å². The van der Waals surface area contributed by atoms with E-state index in [1.807, 2.05) is 0 Å². The molecule has 1 aliphatic heterocycles. The van der Waals surface area contributed by atoms with E-state index >= 15 is 0 Å². The van der Waals surface area contributed by atoms with Crippen LogP contribution in [-0.2, 0) is 19.1 Å². The van der Waals surface area contributed by atoms with E-state index in [9.17, 15) is 18.4 Å². The SMILES string of the molecule is Fc1ccc(F)c(C2CCC3(C2)OCCO3)c1.O=CCC(=O)O. The lowest BCUT2D eigenvalue weighted by Crippen LogP contribution is -2.25. The number of carbonyl (C=O) groups excluding carboxylic acids is 1. The molecule has 2 aliphatic rings. The molecule has 1 atom stereocenters.